The number of carbonyl (C=O) groups is 2. The number of hydrogen-bond acceptors (Lipinski definition) is 3. The van der Waals surface area contributed by atoms with Crippen LogP contribution in [-0.4, -0.2) is 44.8 Å². The van der Waals surface area contributed by atoms with Gasteiger partial charge in [-0.3, -0.25) is 14.3 Å². The second-order valence-corrected chi connectivity index (χ2v) is 9.36. The van der Waals surface area contributed by atoms with Crippen molar-refractivity contribution >= 4 is 11.9 Å². The van der Waals surface area contributed by atoms with Crippen LogP contribution in [0, 0.1) is 0 Å². The predicted molar refractivity (Wildman–Crippen MR) is 110 cm³/mol. The molecule has 6 nitrogen and oxygen atoms in total. The molecule has 1 aromatic heterocycles. The normalized spacial score (nSPS) is 19.2. The first-order valence-corrected chi connectivity index (χ1v) is 10.4. The molecule has 1 saturated carbocycles. The Hall–Kier alpha value is -2.63. The van der Waals surface area contributed by atoms with Gasteiger partial charge in [0.15, 0.2) is 5.69 Å². The second kappa shape index (κ2) is 7.01. The number of amides is 1. The first-order chi connectivity index (χ1) is 13.7. The van der Waals surface area contributed by atoms with Gasteiger partial charge in [-0.25, -0.2) is 0 Å². The van der Waals surface area contributed by atoms with Crippen molar-refractivity contribution in [2.24, 2.45) is 0 Å². The molecule has 2 fully saturated rings. The molecule has 154 valence electrons. The third-order valence-corrected chi connectivity index (χ3v) is 6.23. The summed E-state index contributed by atoms with van der Waals surface area (Å²) in [6, 6.07) is 11.3. The number of hydrogen-bond donors (Lipinski definition) is 1. The Kier molecular flexibility index (Phi) is 4.75. The van der Waals surface area contributed by atoms with E-state index >= 15 is 0 Å². The molecule has 0 bridgehead atoms. The van der Waals surface area contributed by atoms with E-state index in [-0.39, 0.29) is 11.4 Å². The van der Waals surface area contributed by atoms with E-state index in [1.165, 1.54) is 0 Å². The van der Waals surface area contributed by atoms with Crippen molar-refractivity contribution in [2.45, 2.75) is 63.3 Å². The van der Waals surface area contributed by atoms with Crippen molar-refractivity contribution in [1.29, 1.82) is 0 Å². The van der Waals surface area contributed by atoms with Gasteiger partial charge in [0.25, 0.3) is 5.91 Å². The molecular formula is C23H29N3O3. The van der Waals surface area contributed by atoms with E-state index in [0.717, 1.165) is 24.1 Å². The molecule has 29 heavy (non-hydrogen) atoms. The molecule has 2 aliphatic rings. The lowest BCUT2D eigenvalue weighted by atomic mass is 9.73. The summed E-state index contributed by atoms with van der Waals surface area (Å²) in [7, 11) is 0. The van der Waals surface area contributed by atoms with E-state index in [0.29, 0.717) is 37.5 Å². The van der Waals surface area contributed by atoms with Crippen LogP contribution in [-0.2, 0) is 15.7 Å². The van der Waals surface area contributed by atoms with E-state index in [2.05, 4.69) is 25.9 Å². The van der Waals surface area contributed by atoms with Gasteiger partial charge in [-0.1, -0.05) is 30.3 Å². The number of carbonyl (C=O) groups excluding carboxylic acids is 1. The number of benzene rings is 1. The number of piperidine rings is 1. The number of aromatic nitrogens is 2. The van der Waals surface area contributed by atoms with Crippen LogP contribution in [0.1, 0.15) is 74.1 Å². The van der Waals surface area contributed by atoms with Crippen LogP contribution in [0.25, 0.3) is 0 Å². The Bertz CT molecular complexity index is 915. The molecule has 1 aromatic carbocycles. The van der Waals surface area contributed by atoms with Gasteiger partial charge in [0.2, 0.25) is 0 Å². The van der Waals surface area contributed by atoms with E-state index in [9.17, 15) is 14.7 Å². The van der Waals surface area contributed by atoms with Crippen LogP contribution in [0.4, 0.5) is 0 Å². The van der Waals surface area contributed by atoms with E-state index in [1.54, 1.807) is 4.90 Å². The van der Waals surface area contributed by atoms with Crippen LogP contribution in [0.3, 0.4) is 0 Å². The number of nitrogens with zero attached hydrogens (tertiary/aromatic N) is 3. The molecule has 4 rings (SSSR count). The van der Waals surface area contributed by atoms with E-state index < -0.39 is 11.4 Å². The van der Waals surface area contributed by atoms with Crippen molar-refractivity contribution in [1.82, 2.24) is 14.7 Å². The smallest absolute Gasteiger partial charge is 0.314 e. The van der Waals surface area contributed by atoms with E-state index in [1.807, 2.05) is 41.1 Å². The van der Waals surface area contributed by atoms with Gasteiger partial charge in [0.1, 0.15) is 0 Å². The summed E-state index contributed by atoms with van der Waals surface area (Å²) >= 11 is 0. The highest BCUT2D eigenvalue weighted by atomic mass is 16.4. The van der Waals surface area contributed by atoms with Crippen molar-refractivity contribution in [2.75, 3.05) is 13.1 Å². The average molecular weight is 396 g/mol. The molecule has 1 saturated heterocycles. The number of likely N-dealkylation sites (tertiary alicyclic amines) is 1. The number of rotatable bonds is 4. The molecule has 6 heteroatoms. The summed E-state index contributed by atoms with van der Waals surface area (Å²) in [4.78, 5) is 27.1. The maximum Gasteiger partial charge on any atom is 0.314 e. The molecule has 2 heterocycles. The molecule has 0 spiro atoms. The highest BCUT2D eigenvalue weighted by molar-refractivity contribution is 5.93. The van der Waals surface area contributed by atoms with Crippen LogP contribution in [0.2, 0.25) is 0 Å². The summed E-state index contributed by atoms with van der Waals surface area (Å²) < 4.78 is 1.99. The molecule has 1 aliphatic carbocycles. The van der Waals surface area contributed by atoms with Gasteiger partial charge in [-0.2, -0.15) is 5.10 Å². The van der Waals surface area contributed by atoms with Gasteiger partial charge in [-0.05, 0) is 58.1 Å². The van der Waals surface area contributed by atoms with Crippen molar-refractivity contribution < 1.29 is 14.7 Å². The average Bonchev–Trinajstić information content (AvgIpc) is 3.45. The Morgan fingerprint density at radius 3 is 2.24 bits per heavy atom. The first kappa shape index (κ1) is 19.7. The third kappa shape index (κ3) is 3.56. The molecule has 0 unspecified atom stereocenters. The van der Waals surface area contributed by atoms with E-state index in [4.69, 9.17) is 0 Å². The second-order valence-electron chi connectivity index (χ2n) is 9.36. The Morgan fingerprint density at radius 2 is 1.72 bits per heavy atom. The number of carboxylic acids is 1. The van der Waals surface area contributed by atoms with Gasteiger partial charge >= 0.3 is 5.97 Å². The molecular weight excluding hydrogens is 366 g/mol. The minimum absolute atomic E-state index is 0.0954. The van der Waals surface area contributed by atoms with Gasteiger partial charge < -0.3 is 10.0 Å². The predicted octanol–water partition coefficient (Wildman–Crippen LogP) is 3.77. The summed E-state index contributed by atoms with van der Waals surface area (Å²) in [6.45, 7) is 7.13. The lowest BCUT2D eigenvalue weighted by Gasteiger charge is -2.39. The third-order valence-electron chi connectivity index (χ3n) is 6.23. The molecule has 2 aromatic rings. The molecule has 0 atom stereocenters. The topological polar surface area (TPSA) is 75.4 Å². The maximum absolute atomic E-state index is 13.2. The fraction of sp³-hybridized carbons (Fsp3) is 0.522. The highest BCUT2D eigenvalue weighted by Crippen LogP contribution is 2.42. The van der Waals surface area contributed by atoms with Crippen LogP contribution >= 0.6 is 0 Å². The molecule has 1 amide bonds. The van der Waals surface area contributed by atoms with Gasteiger partial charge in [-0.15, -0.1) is 0 Å². The quantitative estimate of drug-likeness (QED) is 0.855. The monoisotopic (exact) mass is 395 g/mol. The fourth-order valence-electron chi connectivity index (χ4n) is 4.34. The van der Waals surface area contributed by atoms with Crippen LogP contribution in [0.5, 0.6) is 0 Å². The number of aliphatic carboxylic acids is 1. The standard InChI is InChI=1S/C23H29N3O3/c1-22(2,3)26-19(16-9-10-16)15-18(24-26)20(27)25-13-11-23(12-14-25,21(28)29)17-7-5-4-6-8-17/h4-8,15-16H,9-14H2,1-3H3,(H,28,29). The Morgan fingerprint density at radius 1 is 1.10 bits per heavy atom. The zero-order valence-electron chi connectivity index (χ0n) is 17.4. The van der Waals surface area contributed by atoms with Gasteiger partial charge in [0, 0.05) is 24.7 Å². The largest absolute Gasteiger partial charge is 0.481 e. The molecule has 1 aliphatic heterocycles. The summed E-state index contributed by atoms with van der Waals surface area (Å²) in [5.41, 5.74) is 1.32. The van der Waals surface area contributed by atoms with Crippen molar-refractivity contribution in [3.8, 4) is 0 Å². The lowest BCUT2D eigenvalue weighted by molar-refractivity contribution is -0.145. The lowest BCUT2D eigenvalue weighted by Crippen LogP contribution is -2.49. The Labute approximate surface area is 171 Å². The summed E-state index contributed by atoms with van der Waals surface area (Å²) in [5.74, 6) is -0.409. The molecule has 1 N–H and O–H groups in total. The summed E-state index contributed by atoms with van der Waals surface area (Å²) in [6.07, 6.45) is 3.12. The van der Waals surface area contributed by atoms with Crippen molar-refractivity contribution in [3.63, 3.8) is 0 Å². The minimum Gasteiger partial charge on any atom is -0.481 e. The summed E-state index contributed by atoms with van der Waals surface area (Å²) in [5, 5.41) is 14.6. The first-order valence-electron chi connectivity index (χ1n) is 10.4. The minimum atomic E-state index is -0.929. The molecule has 0 radical (unpaired) electrons. The number of carboxylic acid groups (broad SMARTS) is 1. The highest BCUT2D eigenvalue weighted by Gasteiger charge is 2.44. The van der Waals surface area contributed by atoms with Crippen LogP contribution < -0.4 is 0 Å². The van der Waals surface area contributed by atoms with Crippen LogP contribution in [0.15, 0.2) is 36.4 Å². The maximum atomic E-state index is 13.2. The zero-order valence-corrected chi connectivity index (χ0v) is 17.4. The fourth-order valence-corrected chi connectivity index (χ4v) is 4.34. The SMILES string of the molecule is CC(C)(C)n1nc(C(=O)N2CCC(C(=O)O)(c3ccccc3)CC2)cc1C1CC1. The van der Waals surface area contributed by atoms with Crippen molar-refractivity contribution in [3.05, 3.63) is 53.3 Å². The van der Waals surface area contributed by atoms with Gasteiger partial charge in [0.05, 0.1) is 11.0 Å². The Balaban J connectivity index is 1.54. The zero-order chi connectivity index (χ0) is 20.8.